The van der Waals surface area contributed by atoms with Gasteiger partial charge in [0.05, 0.1) is 0 Å². The standard InChI is InChI=1S/C15H24FN3/c1-12(19-9-7-18-8-10-19)11-15(17-2)13-5-3-4-6-14(13)16/h3-6,12,15,17-18H,7-11H2,1-2H3. The summed E-state index contributed by atoms with van der Waals surface area (Å²) in [6.45, 7) is 6.49. The van der Waals surface area contributed by atoms with E-state index in [2.05, 4.69) is 22.5 Å². The average Bonchev–Trinajstić information content (AvgIpc) is 2.46. The molecule has 1 heterocycles. The fraction of sp³-hybridized carbons (Fsp3) is 0.600. The molecule has 1 aliphatic heterocycles. The molecule has 1 aromatic rings. The zero-order valence-electron chi connectivity index (χ0n) is 11.8. The molecule has 0 aliphatic carbocycles. The molecule has 1 aromatic carbocycles. The van der Waals surface area contributed by atoms with E-state index in [1.54, 1.807) is 6.07 Å². The second kappa shape index (κ2) is 6.98. The molecule has 2 unspecified atom stereocenters. The summed E-state index contributed by atoms with van der Waals surface area (Å²) in [6, 6.07) is 7.59. The Balaban J connectivity index is 2.00. The van der Waals surface area contributed by atoms with E-state index in [1.807, 2.05) is 19.2 Å². The number of halogens is 1. The van der Waals surface area contributed by atoms with Crippen molar-refractivity contribution in [1.29, 1.82) is 0 Å². The Bertz CT molecular complexity index is 391. The minimum absolute atomic E-state index is 0.0751. The van der Waals surface area contributed by atoms with Gasteiger partial charge >= 0.3 is 0 Å². The molecule has 1 aliphatic rings. The van der Waals surface area contributed by atoms with E-state index in [4.69, 9.17) is 0 Å². The molecule has 0 saturated carbocycles. The lowest BCUT2D eigenvalue weighted by Crippen LogP contribution is -2.48. The van der Waals surface area contributed by atoms with Gasteiger partial charge in [0.15, 0.2) is 0 Å². The number of hydrogen-bond donors (Lipinski definition) is 2. The van der Waals surface area contributed by atoms with Gasteiger partial charge in [-0.05, 0) is 26.5 Å². The smallest absolute Gasteiger partial charge is 0.127 e. The topological polar surface area (TPSA) is 27.3 Å². The van der Waals surface area contributed by atoms with Crippen LogP contribution in [0.15, 0.2) is 24.3 Å². The second-order valence-electron chi connectivity index (χ2n) is 5.23. The Hall–Kier alpha value is -0.970. The Morgan fingerprint density at radius 2 is 2.00 bits per heavy atom. The molecule has 19 heavy (non-hydrogen) atoms. The molecule has 3 nitrogen and oxygen atoms in total. The number of rotatable bonds is 5. The van der Waals surface area contributed by atoms with Gasteiger partial charge in [0.1, 0.15) is 5.82 Å². The zero-order chi connectivity index (χ0) is 13.7. The summed E-state index contributed by atoms with van der Waals surface area (Å²) >= 11 is 0. The minimum Gasteiger partial charge on any atom is -0.314 e. The molecular weight excluding hydrogens is 241 g/mol. The van der Waals surface area contributed by atoms with E-state index < -0.39 is 0 Å². The highest BCUT2D eigenvalue weighted by Crippen LogP contribution is 2.23. The van der Waals surface area contributed by atoms with Crippen molar-refractivity contribution in [2.24, 2.45) is 0 Å². The third-order valence-electron chi connectivity index (χ3n) is 3.98. The van der Waals surface area contributed by atoms with Crippen molar-refractivity contribution in [3.63, 3.8) is 0 Å². The summed E-state index contributed by atoms with van der Waals surface area (Å²) in [5.74, 6) is -0.116. The first-order valence-electron chi connectivity index (χ1n) is 7.09. The first-order valence-corrected chi connectivity index (χ1v) is 7.09. The van der Waals surface area contributed by atoms with E-state index >= 15 is 0 Å². The molecule has 0 bridgehead atoms. The quantitative estimate of drug-likeness (QED) is 0.849. The molecule has 0 amide bonds. The minimum atomic E-state index is -0.116. The van der Waals surface area contributed by atoms with Crippen molar-refractivity contribution in [3.8, 4) is 0 Å². The molecule has 2 rings (SSSR count). The van der Waals surface area contributed by atoms with Gasteiger partial charge in [-0.15, -0.1) is 0 Å². The van der Waals surface area contributed by atoms with Crippen LogP contribution in [-0.4, -0.2) is 44.2 Å². The molecule has 2 atom stereocenters. The highest BCUT2D eigenvalue weighted by Gasteiger charge is 2.21. The van der Waals surface area contributed by atoms with Crippen LogP contribution >= 0.6 is 0 Å². The lowest BCUT2D eigenvalue weighted by Gasteiger charge is -2.34. The third kappa shape index (κ3) is 3.75. The predicted molar refractivity (Wildman–Crippen MR) is 76.7 cm³/mol. The number of hydrogen-bond acceptors (Lipinski definition) is 3. The average molecular weight is 265 g/mol. The van der Waals surface area contributed by atoms with E-state index in [1.165, 1.54) is 6.07 Å². The lowest BCUT2D eigenvalue weighted by atomic mass is 9.98. The highest BCUT2D eigenvalue weighted by molar-refractivity contribution is 5.21. The molecule has 106 valence electrons. The Morgan fingerprint density at radius 1 is 1.32 bits per heavy atom. The first-order chi connectivity index (χ1) is 9.22. The SMILES string of the molecule is CNC(CC(C)N1CCNCC1)c1ccccc1F. The first kappa shape index (κ1) is 14.4. The number of benzene rings is 1. The van der Waals surface area contributed by atoms with Gasteiger partial charge < -0.3 is 10.6 Å². The second-order valence-corrected chi connectivity index (χ2v) is 5.23. The van der Waals surface area contributed by atoms with Crippen LogP contribution in [0.2, 0.25) is 0 Å². The van der Waals surface area contributed by atoms with Crippen molar-refractivity contribution in [2.45, 2.75) is 25.4 Å². The normalized spacial score (nSPS) is 20.2. The van der Waals surface area contributed by atoms with E-state index in [0.717, 1.165) is 38.2 Å². The van der Waals surface area contributed by atoms with Crippen molar-refractivity contribution in [3.05, 3.63) is 35.6 Å². The highest BCUT2D eigenvalue weighted by atomic mass is 19.1. The summed E-state index contributed by atoms with van der Waals surface area (Å²) in [7, 11) is 1.90. The number of nitrogens with zero attached hydrogens (tertiary/aromatic N) is 1. The predicted octanol–water partition coefficient (Wildman–Crippen LogP) is 1.77. The molecule has 4 heteroatoms. The summed E-state index contributed by atoms with van der Waals surface area (Å²) in [5.41, 5.74) is 0.770. The Labute approximate surface area is 115 Å². The lowest BCUT2D eigenvalue weighted by molar-refractivity contribution is 0.166. The molecular formula is C15H24FN3. The van der Waals surface area contributed by atoms with Crippen LogP contribution in [0.3, 0.4) is 0 Å². The van der Waals surface area contributed by atoms with E-state index in [-0.39, 0.29) is 11.9 Å². The van der Waals surface area contributed by atoms with Gasteiger partial charge in [0.2, 0.25) is 0 Å². The van der Waals surface area contributed by atoms with Crippen LogP contribution in [-0.2, 0) is 0 Å². The molecule has 0 radical (unpaired) electrons. The van der Waals surface area contributed by atoms with Gasteiger partial charge in [-0.25, -0.2) is 4.39 Å². The van der Waals surface area contributed by atoms with Gasteiger partial charge in [0.25, 0.3) is 0 Å². The largest absolute Gasteiger partial charge is 0.314 e. The van der Waals surface area contributed by atoms with Crippen LogP contribution in [0.5, 0.6) is 0 Å². The Morgan fingerprint density at radius 3 is 2.63 bits per heavy atom. The van der Waals surface area contributed by atoms with Crippen LogP contribution in [0.4, 0.5) is 4.39 Å². The monoisotopic (exact) mass is 265 g/mol. The summed E-state index contributed by atoms with van der Waals surface area (Å²) in [4.78, 5) is 2.47. The van der Waals surface area contributed by atoms with Gasteiger partial charge in [0, 0.05) is 43.8 Å². The van der Waals surface area contributed by atoms with Crippen molar-refractivity contribution < 1.29 is 4.39 Å². The van der Waals surface area contributed by atoms with Crippen molar-refractivity contribution in [2.75, 3.05) is 33.2 Å². The number of piperazine rings is 1. The van der Waals surface area contributed by atoms with Crippen molar-refractivity contribution in [1.82, 2.24) is 15.5 Å². The fourth-order valence-electron chi connectivity index (χ4n) is 2.77. The van der Waals surface area contributed by atoms with Crippen LogP contribution < -0.4 is 10.6 Å². The maximum absolute atomic E-state index is 13.9. The summed E-state index contributed by atoms with van der Waals surface area (Å²) in [6.07, 6.45) is 0.928. The molecule has 1 fully saturated rings. The molecule has 2 N–H and O–H groups in total. The maximum atomic E-state index is 13.9. The van der Waals surface area contributed by atoms with Gasteiger partial charge in [-0.1, -0.05) is 18.2 Å². The van der Waals surface area contributed by atoms with Crippen LogP contribution in [0, 0.1) is 5.82 Å². The van der Waals surface area contributed by atoms with Crippen LogP contribution in [0.1, 0.15) is 24.9 Å². The Kier molecular flexibility index (Phi) is 5.31. The number of nitrogens with one attached hydrogen (secondary N) is 2. The van der Waals surface area contributed by atoms with Gasteiger partial charge in [-0.3, -0.25) is 4.90 Å². The fourth-order valence-corrected chi connectivity index (χ4v) is 2.77. The molecule has 0 spiro atoms. The third-order valence-corrected chi connectivity index (χ3v) is 3.98. The van der Waals surface area contributed by atoms with E-state index in [0.29, 0.717) is 6.04 Å². The maximum Gasteiger partial charge on any atom is 0.127 e. The van der Waals surface area contributed by atoms with Crippen molar-refractivity contribution >= 4 is 0 Å². The van der Waals surface area contributed by atoms with E-state index in [9.17, 15) is 4.39 Å². The summed E-state index contributed by atoms with van der Waals surface area (Å²) < 4.78 is 13.9. The van der Waals surface area contributed by atoms with Crippen LogP contribution in [0.25, 0.3) is 0 Å². The summed E-state index contributed by atoms with van der Waals surface area (Å²) in [5, 5.41) is 6.61. The molecule has 0 aromatic heterocycles. The zero-order valence-corrected chi connectivity index (χ0v) is 11.8. The molecule has 1 saturated heterocycles. The van der Waals surface area contributed by atoms with Gasteiger partial charge in [-0.2, -0.15) is 0 Å².